The van der Waals surface area contributed by atoms with Gasteiger partial charge in [0.2, 0.25) is 5.91 Å². The van der Waals surface area contributed by atoms with Gasteiger partial charge in [0, 0.05) is 44.1 Å². The van der Waals surface area contributed by atoms with Crippen LogP contribution in [-0.2, 0) is 38.4 Å². The van der Waals surface area contributed by atoms with Crippen LogP contribution in [0.15, 0.2) is 42.2 Å². The average molecular weight is 602 g/mol. The maximum Gasteiger partial charge on any atom is 0.235 e. The summed E-state index contributed by atoms with van der Waals surface area (Å²) in [6.07, 6.45) is 2.71. The Morgan fingerprint density at radius 2 is 1.80 bits per heavy atom. The van der Waals surface area contributed by atoms with Crippen LogP contribution in [0.2, 0.25) is 0 Å². The Bertz CT molecular complexity index is 1680. The Hall–Kier alpha value is -4.35. The molecule has 0 saturated heterocycles. The summed E-state index contributed by atoms with van der Waals surface area (Å²) >= 11 is 0. The van der Waals surface area contributed by atoms with Crippen molar-refractivity contribution in [3.05, 3.63) is 64.4 Å². The fourth-order valence-corrected chi connectivity index (χ4v) is 7.79. The molecule has 230 valence electrons. The van der Waals surface area contributed by atoms with E-state index in [2.05, 4.69) is 0 Å². The highest BCUT2D eigenvalue weighted by Crippen LogP contribution is 2.52. The van der Waals surface area contributed by atoms with Gasteiger partial charge in [-0.3, -0.25) is 28.9 Å². The first kappa shape index (κ1) is 29.7. The summed E-state index contributed by atoms with van der Waals surface area (Å²) in [7, 11) is 6.76. The molecule has 6 rings (SSSR count). The van der Waals surface area contributed by atoms with Crippen molar-refractivity contribution in [2.45, 2.75) is 37.3 Å². The van der Waals surface area contributed by atoms with E-state index in [1.807, 2.05) is 49.3 Å². The molecule has 2 unspecified atom stereocenters. The molecule has 11 heteroatoms. The molecule has 2 saturated carbocycles. The predicted molar refractivity (Wildman–Crippen MR) is 158 cm³/mol. The molecule has 1 amide bonds. The second kappa shape index (κ2) is 10.4. The van der Waals surface area contributed by atoms with Crippen molar-refractivity contribution < 1.29 is 38.9 Å². The molecular formula is C33H35N3O8. The number of aromatic hydroxyl groups is 1. The maximum absolute atomic E-state index is 14.3. The van der Waals surface area contributed by atoms with Crippen molar-refractivity contribution in [1.82, 2.24) is 4.90 Å². The molecule has 0 bridgehead atoms. The number of ether oxygens (including phenoxy) is 1. The first-order valence-electron chi connectivity index (χ1n) is 14.6. The lowest BCUT2D eigenvalue weighted by atomic mass is 9.52. The molecule has 4 N–H and O–H groups in total. The van der Waals surface area contributed by atoms with Gasteiger partial charge in [0.25, 0.3) is 0 Å². The molecule has 0 spiro atoms. The summed E-state index contributed by atoms with van der Waals surface area (Å²) < 4.78 is 5.79. The fourth-order valence-electron chi connectivity index (χ4n) is 7.79. The van der Waals surface area contributed by atoms with Crippen LogP contribution in [0, 0.1) is 23.7 Å². The minimum atomic E-state index is -2.76. The lowest BCUT2D eigenvalue weighted by Crippen LogP contribution is -2.74. The third-order valence-electron chi connectivity index (χ3n) is 9.76. The summed E-state index contributed by atoms with van der Waals surface area (Å²) in [5, 5.41) is 23.4. The molecule has 6 atom stereocenters. The third-order valence-corrected chi connectivity index (χ3v) is 9.76. The zero-order chi connectivity index (χ0) is 31.8. The number of nitrogens with zero attached hydrogens (tertiary/aromatic N) is 2. The van der Waals surface area contributed by atoms with Crippen molar-refractivity contribution in [3.8, 4) is 11.5 Å². The number of allylic oxidation sites excluding steroid dienone is 1. The molecule has 1 aliphatic heterocycles. The van der Waals surface area contributed by atoms with Gasteiger partial charge in [-0.1, -0.05) is 18.2 Å². The number of aliphatic hydroxyl groups is 1. The number of carbonyl (C=O) groups excluding carboxylic acids is 5. The van der Waals surface area contributed by atoms with Crippen LogP contribution in [0.25, 0.3) is 0 Å². The number of likely N-dealkylation sites (N-methyl/N-ethyl adjacent to an activating group) is 1. The molecule has 0 aromatic heterocycles. The number of phenolic OH excluding ortho intramolecular Hbond substituents is 1. The van der Waals surface area contributed by atoms with Crippen molar-refractivity contribution in [1.29, 1.82) is 0 Å². The third kappa shape index (κ3) is 4.21. The topological polar surface area (TPSA) is 168 Å². The van der Waals surface area contributed by atoms with E-state index in [-0.39, 0.29) is 30.6 Å². The Morgan fingerprint density at radius 3 is 2.45 bits per heavy atom. The van der Waals surface area contributed by atoms with Gasteiger partial charge in [-0.25, -0.2) is 0 Å². The number of hydrogen-bond acceptors (Lipinski definition) is 10. The number of hydrogen-bond donors (Lipinski definition) is 3. The van der Waals surface area contributed by atoms with Crippen LogP contribution in [0.5, 0.6) is 11.5 Å². The van der Waals surface area contributed by atoms with Crippen molar-refractivity contribution in [2.24, 2.45) is 29.4 Å². The predicted octanol–water partition coefficient (Wildman–Crippen LogP) is 0.994. The van der Waals surface area contributed by atoms with Gasteiger partial charge in [-0.2, -0.15) is 0 Å². The molecule has 2 fully saturated rings. The van der Waals surface area contributed by atoms with Gasteiger partial charge in [0.1, 0.15) is 11.5 Å². The van der Waals surface area contributed by atoms with E-state index >= 15 is 0 Å². The molecule has 0 radical (unpaired) electrons. The minimum absolute atomic E-state index is 0.00289. The summed E-state index contributed by atoms with van der Waals surface area (Å²) in [4.78, 5) is 70.7. The summed E-state index contributed by atoms with van der Waals surface area (Å²) in [5.41, 5.74) is 6.22. The standard InChI is InChI=1S/C33H35N3O8/c1-35(2)21-13-18(10-15-9-16-7-5-6-8-22(16)44-14-15)27(37)24-19(21)11-17-12-20-26(36(3)4)29(39)25(32(34)42)31(41)33(20,43)30(40)23(17)28(24)38/h5-8,13-14,17,20,23,25-26,37,43H,9-12H2,1-4H3,(H2,34,42)/t17-,20-,23?,25?,26-,33-/m0/s1. The molecule has 44 heavy (non-hydrogen) atoms. The number of rotatable bonds is 5. The van der Waals surface area contributed by atoms with Gasteiger partial charge >= 0.3 is 0 Å². The minimum Gasteiger partial charge on any atom is -0.507 e. The molecule has 3 aliphatic carbocycles. The maximum atomic E-state index is 14.3. The lowest BCUT2D eigenvalue weighted by molar-refractivity contribution is -0.181. The Labute approximate surface area is 254 Å². The van der Waals surface area contributed by atoms with Crippen molar-refractivity contribution >= 4 is 34.7 Å². The Kier molecular flexibility index (Phi) is 7.01. The van der Waals surface area contributed by atoms with Crippen LogP contribution in [0.4, 0.5) is 5.69 Å². The van der Waals surface area contributed by atoms with Crippen LogP contribution < -0.4 is 15.4 Å². The lowest BCUT2D eigenvalue weighted by Gasteiger charge is -2.52. The zero-order valence-electron chi connectivity index (χ0n) is 25.0. The number of fused-ring (bicyclic) bond motifs is 4. The van der Waals surface area contributed by atoms with Crippen molar-refractivity contribution in [3.63, 3.8) is 0 Å². The van der Waals surface area contributed by atoms with E-state index in [0.29, 0.717) is 23.2 Å². The Morgan fingerprint density at radius 1 is 1.09 bits per heavy atom. The Balaban J connectivity index is 1.42. The van der Waals surface area contributed by atoms with Gasteiger partial charge in [-0.15, -0.1) is 0 Å². The normalized spacial score (nSPS) is 29.2. The number of anilines is 1. The van der Waals surface area contributed by atoms with Gasteiger partial charge in [-0.05, 0) is 61.7 Å². The average Bonchev–Trinajstić information content (AvgIpc) is 2.95. The van der Waals surface area contributed by atoms with Gasteiger partial charge < -0.3 is 25.6 Å². The number of Topliss-reactive ketones (excluding diaryl/α,β-unsaturated/α-hetero) is 4. The molecule has 4 aliphatic rings. The number of para-hydroxylation sites is 1. The monoisotopic (exact) mass is 601 g/mol. The zero-order valence-corrected chi connectivity index (χ0v) is 25.0. The number of carbonyl (C=O) groups is 5. The second-order valence-corrected chi connectivity index (χ2v) is 12.8. The largest absolute Gasteiger partial charge is 0.507 e. The number of nitrogens with two attached hydrogens (primary N) is 1. The van der Waals surface area contributed by atoms with Crippen LogP contribution in [0.1, 0.15) is 33.5 Å². The van der Waals surface area contributed by atoms with E-state index in [4.69, 9.17) is 10.5 Å². The highest BCUT2D eigenvalue weighted by molar-refractivity contribution is 6.32. The number of amides is 1. The summed E-state index contributed by atoms with van der Waals surface area (Å²) in [5.74, 6) is -9.84. The number of benzene rings is 2. The van der Waals surface area contributed by atoms with Crippen LogP contribution >= 0.6 is 0 Å². The van der Waals surface area contributed by atoms with E-state index < -0.39 is 64.4 Å². The van der Waals surface area contributed by atoms with E-state index in [0.717, 1.165) is 16.9 Å². The summed E-state index contributed by atoms with van der Waals surface area (Å²) in [6.45, 7) is 0. The van der Waals surface area contributed by atoms with Gasteiger partial charge in [0.05, 0.1) is 23.8 Å². The number of phenols is 1. The number of primary amides is 1. The quantitative estimate of drug-likeness (QED) is 0.421. The SMILES string of the molecule is CN(C)c1cc(CC2=COc3ccccc3C2)c(O)c2c1C[C@H]1C[C@H]3[C@H](N(C)C)C(=O)C(C(N)=O)C(=O)[C@@]3(O)C(=O)C1C2=O. The first-order chi connectivity index (χ1) is 20.8. The fraction of sp³-hybridized carbons (Fsp3) is 0.424. The molecule has 11 nitrogen and oxygen atoms in total. The van der Waals surface area contributed by atoms with Crippen molar-refractivity contribution in [2.75, 3.05) is 33.1 Å². The molecule has 2 aromatic rings. The second-order valence-electron chi connectivity index (χ2n) is 12.8. The van der Waals surface area contributed by atoms with E-state index in [1.165, 1.54) is 4.90 Å². The molecular weight excluding hydrogens is 566 g/mol. The highest BCUT2D eigenvalue weighted by atomic mass is 16.5. The van der Waals surface area contributed by atoms with Crippen LogP contribution in [-0.4, -0.2) is 84.0 Å². The highest BCUT2D eigenvalue weighted by Gasteiger charge is 2.69. The molecule has 1 heterocycles. The first-order valence-corrected chi connectivity index (χ1v) is 14.6. The summed E-state index contributed by atoms with van der Waals surface area (Å²) in [6, 6.07) is 8.32. The van der Waals surface area contributed by atoms with E-state index in [1.54, 1.807) is 20.4 Å². The molecule has 2 aromatic carbocycles. The number of ketones is 4. The van der Waals surface area contributed by atoms with Gasteiger partial charge in [0.15, 0.2) is 34.7 Å². The smallest absolute Gasteiger partial charge is 0.235 e. The van der Waals surface area contributed by atoms with E-state index in [9.17, 15) is 34.2 Å². The van der Waals surface area contributed by atoms with Crippen LogP contribution in [0.3, 0.4) is 0 Å².